The lowest BCUT2D eigenvalue weighted by molar-refractivity contribution is -0.132. The highest BCUT2D eigenvalue weighted by atomic mass is 16.4. The third-order valence-electron chi connectivity index (χ3n) is 5.02. The van der Waals surface area contributed by atoms with Crippen LogP contribution >= 0.6 is 0 Å². The summed E-state index contributed by atoms with van der Waals surface area (Å²) in [6.45, 7) is 2.86. The number of carbonyl (C=O) groups is 1. The van der Waals surface area contributed by atoms with Crippen LogP contribution in [0.4, 0.5) is 0 Å². The molecule has 0 fully saturated rings. The van der Waals surface area contributed by atoms with Gasteiger partial charge in [-0.3, -0.25) is 0 Å². The van der Waals surface area contributed by atoms with Gasteiger partial charge in [0.2, 0.25) is 0 Å². The number of fused-ring (bicyclic) bond motifs is 1. The molecule has 2 aliphatic rings. The van der Waals surface area contributed by atoms with Crippen molar-refractivity contribution in [1.82, 2.24) is 4.90 Å². The van der Waals surface area contributed by atoms with Crippen molar-refractivity contribution in [3.05, 3.63) is 46.6 Å². The van der Waals surface area contributed by atoms with Crippen molar-refractivity contribution in [2.75, 3.05) is 20.1 Å². The molecule has 7 nitrogen and oxygen atoms in total. The molecule has 3 rings (SSSR count). The number of likely N-dealkylation sites (N-methyl/N-ethyl adjacent to an activating group) is 1. The number of hydrogen-bond acceptors (Lipinski definition) is 6. The summed E-state index contributed by atoms with van der Waals surface area (Å²) in [5.74, 6) is -1.14. The summed E-state index contributed by atoms with van der Waals surface area (Å²) >= 11 is 0. The fraction of sp³-hybridized carbons (Fsp3) is 0.389. The minimum atomic E-state index is -1.79. The topological polar surface area (TPSA) is 127 Å². The monoisotopic (exact) mass is 338 g/mol. The summed E-state index contributed by atoms with van der Waals surface area (Å²) in [5.41, 5.74) is 4.56. The maximum Gasteiger partial charge on any atom is 0.337 e. The fourth-order valence-electron chi connectivity index (χ4n) is 3.86. The Hall–Kier alpha value is -3.03. The van der Waals surface area contributed by atoms with E-state index in [-0.39, 0.29) is 17.2 Å². The molecular formula is C18H18N4O3. The highest BCUT2D eigenvalue weighted by Gasteiger charge is 2.56. The molecule has 2 atom stereocenters. The highest BCUT2D eigenvalue weighted by molar-refractivity contribution is 5.94. The van der Waals surface area contributed by atoms with Gasteiger partial charge < -0.3 is 20.2 Å². The first-order chi connectivity index (χ1) is 11.9. The lowest BCUT2D eigenvalue weighted by atomic mass is 9.59. The van der Waals surface area contributed by atoms with Crippen molar-refractivity contribution >= 4 is 5.97 Å². The summed E-state index contributed by atoms with van der Waals surface area (Å²) in [6.07, 6.45) is 1.81. The Morgan fingerprint density at radius 3 is 2.64 bits per heavy atom. The number of allylic oxidation sites excluding steroid dienone is 1. The van der Waals surface area contributed by atoms with E-state index in [1.54, 1.807) is 19.1 Å². The third kappa shape index (κ3) is 2.33. The van der Waals surface area contributed by atoms with E-state index in [2.05, 4.69) is 0 Å². The average molecular weight is 338 g/mol. The Labute approximate surface area is 145 Å². The fourth-order valence-corrected chi connectivity index (χ4v) is 3.86. The molecule has 7 heteroatoms. The van der Waals surface area contributed by atoms with Crippen LogP contribution in [0.5, 0.6) is 0 Å². The number of furan rings is 1. The molecule has 2 heterocycles. The van der Waals surface area contributed by atoms with Crippen molar-refractivity contribution in [3.8, 4) is 12.1 Å². The Bertz CT molecular complexity index is 867. The SMILES string of the molecule is Cc1ccc([C@H]2[C@@H]3CN(C)CC=C3C(C(=O)O)=C(N)C2(C#N)C#N)o1. The van der Waals surface area contributed by atoms with Gasteiger partial charge in [0.05, 0.1) is 29.3 Å². The van der Waals surface area contributed by atoms with E-state index in [1.807, 2.05) is 30.2 Å². The molecule has 0 radical (unpaired) electrons. The zero-order valence-corrected chi connectivity index (χ0v) is 14.0. The first-order valence-electron chi connectivity index (χ1n) is 7.87. The normalized spacial score (nSPS) is 25.5. The number of hydrogen-bond donors (Lipinski definition) is 2. The van der Waals surface area contributed by atoms with Crippen LogP contribution < -0.4 is 5.73 Å². The number of rotatable bonds is 2. The van der Waals surface area contributed by atoms with Crippen molar-refractivity contribution < 1.29 is 14.3 Å². The standard InChI is InChI=1S/C18H18N4O3/c1-10-3-4-13(25-10)15-12-7-22(2)6-5-11(12)14(17(23)24)16(21)18(15,8-19)9-20/h3-5,12,15H,6-7,21H2,1-2H3,(H,23,24)/t12-,15-/m1/s1. The van der Waals surface area contributed by atoms with E-state index in [1.165, 1.54) is 0 Å². The second-order valence-corrected chi connectivity index (χ2v) is 6.54. The number of aliphatic carboxylic acids is 1. The Morgan fingerprint density at radius 1 is 1.44 bits per heavy atom. The lowest BCUT2D eigenvalue weighted by Crippen LogP contribution is -2.48. The Kier molecular flexibility index (Phi) is 3.90. The molecule has 0 saturated heterocycles. The van der Waals surface area contributed by atoms with Crippen LogP contribution in [-0.4, -0.2) is 36.1 Å². The molecule has 1 aliphatic heterocycles. The maximum atomic E-state index is 11.8. The lowest BCUT2D eigenvalue weighted by Gasteiger charge is -2.44. The van der Waals surface area contributed by atoms with Crippen LogP contribution in [0.1, 0.15) is 17.4 Å². The van der Waals surface area contributed by atoms with Gasteiger partial charge in [-0.15, -0.1) is 0 Å². The van der Waals surface area contributed by atoms with E-state index in [4.69, 9.17) is 10.2 Å². The predicted molar refractivity (Wildman–Crippen MR) is 87.8 cm³/mol. The zero-order chi connectivity index (χ0) is 18.4. The number of nitrogens with two attached hydrogens (primary N) is 1. The summed E-state index contributed by atoms with van der Waals surface area (Å²) in [7, 11) is 1.90. The Morgan fingerprint density at radius 2 is 2.12 bits per heavy atom. The second kappa shape index (κ2) is 5.80. The van der Waals surface area contributed by atoms with Gasteiger partial charge in [-0.05, 0) is 31.7 Å². The number of nitriles is 2. The van der Waals surface area contributed by atoms with Crippen molar-refractivity contribution in [2.45, 2.75) is 12.8 Å². The molecule has 0 unspecified atom stereocenters. The van der Waals surface area contributed by atoms with Crippen LogP contribution in [0.2, 0.25) is 0 Å². The van der Waals surface area contributed by atoms with Crippen LogP contribution in [0.25, 0.3) is 0 Å². The summed E-state index contributed by atoms with van der Waals surface area (Å²) in [5, 5.41) is 29.4. The number of aryl methyl sites for hydroxylation is 1. The van der Waals surface area contributed by atoms with Crippen molar-refractivity contribution in [2.24, 2.45) is 17.1 Å². The first kappa shape index (κ1) is 16.8. The molecule has 1 aliphatic carbocycles. The van der Waals surface area contributed by atoms with Crippen LogP contribution in [0, 0.1) is 40.9 Å². The van der Waals surface area contributed by atoms with Gasteiger partial charge in [0.1, 0.15) is 11.5 Å². The number of carboxylic acid groups (broad SMARTS) is 1. The molecule has 1 aromatic heterocycles. The van der Waals surface area contributed by atoms with Crippen molar-refractivity contribution in [1.29, 1.82) is 10.5 Å². The minimum Gasteiger partial charge on any atom is -0.478 e. The van der Waals surface area contributed by atoms with Gasteiger partial charge in [0.25, 0.3) is 0 Å². The molecule has 0 amide bonds. The van der Waals surface area contributed by atoms with E-state index < -0.39 is 17.3 Å². The average Bonchev–Trinajstić information content (AvgIpc) is 2.99. The van der Waals surface area contributed by atoms with E-state index in [9.17, 15) is 20.4 Å². The van der Waals surface area contributed by atoms with Crippen LogP contribution in [-0.2, 0) is 4.79 Å². The molecule has 0 bridgehead atoms. The van der Waals surface area contributed by atoms with E-state index in [0.29, 0.717) is 30.2 Å². The number of nitrogens with zero attached hydrogens (tertiary/aromatic N) is 3. The van der Waals surface area contributed by atoms with Crippen LogP contribution in [0.15, 0.2) is 39.5 Å². The second-order valence-electron chi connectivity index (χ2n) is 6.54. The smallest absolute Gasteiger partial charge is 0.337 e. The zero-order valence-electron chi connectivity index (χ0n) is 14.0. The highest BCUT2D eigenvalue weighted by Crippen LogP contribution is 2.54. The quantitative estimate of drug-likeness (QED) is 0.836. The molecule has 0 spiro atoms. The first-order valence-corrected chi connectivity index (χ1v) is 7.87. The molecule has 25 heavy (non-hydrogen) atoms. The van der Waals surface area contributed by atoms with Gasteiger partial charge in [0, 0.05) is 19.0 Å². The van der Waals surface area contributed by atoms with Gasteiger partial charge in [-0.1, -0.05) is 6.08 Å². The molecular weight excluding hydrogens is 320 g/mol. The van der Waals surface area contributed by atoms with Crippen molar-refractivity contribution in [3.63, 3.8) is 0 Å². The van der Waals surface area contributed by atoms with E-state index >= 15 is 0 Å². The molecule has 128 valence electrons. The summed E-state index contributed by atoms with van der Waals surface area (Å²) in [4.78, 5) is 13.8. The van der Waals surface area contributed by atoms with Gasteiger partial charge >= 0.3 is 5.97 Å². The minimum absolute atomic E-state index is 0.124. The predicted octanol–water partition coefficient (Wildman–Crippen LogP) is 1.50. The Balaban J connectivity index is 2.35. The molecule has 0 aromatic carbocycles. The van der Waals surface area contributed by atoms with Gasteiger partial charge in [0.15, 0.2) is 5.41 Å². The largest absolute Gasteiger partial charge is 0.478 e. The summed E-state index contributed by atoms with van der Waals surface area (Å²) < 4.78 is 5.74. The van der Waals surface area contributed by atoms with Crippen LogP contribution in [0.3, 0.4) is 0 Å². The van der Waals surface area contributed by atoms with E-state index in [0.717, 1.165) is 0 Å². The number of carboxylic acids is 1. The van der Waals surface area contributed by atoms with Gasteiger partial charge in [-0.25, -0.2) is 4.79 Å². The maximum absolute atomic E-state index is 11.8. The van der Waals surface area contributed by atoms with Gasteiger partial charge in [-0.2, -0.15) is 10.5 Å². The summed E-state index contributed by atoms with van der Waals surface area (Å²) in [6, 6.07) is 7.48. The molecule has 1 aromatic rings. The third-order valence-corrected chi connectivity index (χ3v) is 5.02. The molecule has 3 N–H and O–H groups in total. The molecule has 0 saturated carbocycles.